The maximum absolute atomic E-state index is 12.9. The molecule has 0 saturated carbocycles. The second-order valence-electron chi connectivity index (χ2n) is 6.22. The summed E-state index contributed by atoms with van der Waals surface area (Å²) in [4.78, 5) is 24.7. The monoisotopic (exact) mass is 400 g/mol. The number of hydrogen-bond donors (Lipinski definition) is 2. The summed E-state index contributed by atoms with van der Waals surface area (Å²) in [5.74, 6) is 0.203. The summed E-state index contributed by atoms with van der Waals surface area (Å²) in [7, 11) is 0. The van der Waals surface area contributed by atoms with Crippen LogP contribution in [0.3, 0.4) is 0 Å². The Bertz CT molecular complexity index is 796. The maximum atomic E-state index is 12.9. The molecule has 0 aliphatic heterocycles. The van der Waals surface area contributed by atoms with Crippen molar-refractivity contribution in [1.82, 2.24) is 5.32 Å². The average Bonchev–Trinajstić information content (AvgIpc) is 2.70. The summed E-state index contributed by atoms with van der Waals surface area (Å²) < 4.78 is 16.9. The number of ether oxygens (including phenoxy) is 3. The number of hydrogen-bond acceptors (Lipinski definition) is 5. The highest BCUT2D eigenvalue weighted by atomic mass is 16.5. The molecule has 7 heteroatoms. The van der Waals surface area contributed by atoms with Crippen LogP contribution in [0.4, 0.5) is 0 Å². The summed E-state index contributed by atoms with van der Waals surface area (Å²) >= 11 is 0. The number of primary amides is 1. The Labute approximate surface area is 171 Å². The van der Waals surface area contributed by atoms with E-state index in [0.29, 0.717) is 49.1 Å². The van der Waals surface area contributed by atoms with E-state index < -0.39 is 17.9 Å². The number of carbonyl (C=O) groups excluding carboxylic acids is 2. The third-order valence-corrected chi connectivity index (χ3v) is 4.10. The van der Waals surface area contributed by atoms with Crippen molar-refractivity contribution in [2.45, 2.75) is 33.2 Å². The molecule has 0 heterocycles. The molecule has 156 valence electrons. The molecule has 2 aromatic rings. The van der Waals surface area contributed by atoms with E-state index in [1.165, 1.54) is 0 Å². The summed E-state index contributed by atoms with van der Waals surface area (Å²) in [6.07, 6.45) is 0.301. The summed E-state index contributed by atoms with van der Waals surface area (Å²) in [5.41, 5.74) is 6.69. The molecule has 2 aromatic carbocycles. The van der Waals surface area contributed by atoms with Gasteiger partial charge in [-0.05, 0) is 38.5 Å². The standard InChI is InChI=1S/C22H28N2O5/c1-4-27-18-13-16(14-19(28-5-2)20(18)29-6-3)22(26)24-17(21(23)25)12-15-10-8-7-9-11-15/h7-11,13-14,17H,4-6,12H2,1-3H3,(H2,23,25)(H,24,26). The number of benzene rings is 2. The van der Waals surface area contributed by atoms with Gasteiger partial charge in [0, 0.05) is 12.0 Å². The first-order valence-corrected chi connectivity index (χ1v) is 9.70. The smallest absolute Gasteiger partial charge is 0.252 e. The van der Waals surface area contributed by atoms with Crippen molar-refractivity contribution in [3.63, 3.8) is 0 Å². The van der Waals surface area contributed by atoms with Gasteiger partial charge in [-0.1, -0.05) is 30.3 Å². The molecule has 0 spiro atoms. The molecule has 3 N–H and O–H groups in total. The van der Waals surface area contributed by atoms with Crippen molar-refractivity contribution in [1.29, 1.82) is 0 Å². The molecule has 0 fully saturated rings. The van der Waals surface area contributed by atoms with Gasteiger partial charge in [-0.2, -0.15) is 0 Å². The largest absolute Gasteiger partial charge is 0.490 e. The molecule has 2 amide bonds. The summed E-state index contributed by atoms with van der Waals surface area (Å²) in [5, 5.41) is 2.71. The minimum Gasteiger partial charge on any atom is -0.490 e. The van der Waals surface area contributed by atoms with Gasteiger partial charge in [-0.15, -0.1) is 0 Å². The fraction of sp³-hybridized carbons (Fsp3) is 0.364. The van der Waals surface area contributed by atoms with Gasteiger partial charge in [0.2, 0.25) is 11.7 Å². The normalized spacial score (nSPS) is 11.4. The maximum Gasteiger partial charge on any atom is 0.252 e. The van der Waals surface area contributed by atoms with Gasteiger partial charge in [0.25, 0.3) is 5.91 Å². The van der Waals surface area contributed by atoms with E-state index in [4.69, 9.17) is 19.9 Å². The lowest BCUT2D eigenvalue weighted by Crippen LogP contribution is -2.45. The van der Waals surface area contributed by atoms with E-state index in [1.807, 2.05) is 51.1 Å². The Balaban J connectivity index is 2.30. The van der Waals surface area contributed by atoms with Crippen LogP contribution in [0.5, 0.6) is 17.2 Å². The fourth-order valence-corrected chi connectivity index (χ4v) is 2.83. The van der Waals surface area contributed by atoms with Gasteiger partial charge in [0.1, 0.15) is 6.04 Å². The van der Waals surface area contributed by atoms with Crippen molar-refractivity contribution in [3.8, 4) is 17.2 Å². The third-order valence-electron chi connectivity index (χ3n) is 4.10. The lowest BCUT2D eigenvalue weighted by Gasteiger charge is -2.19. The number of rotatable bonds is 11. The van der Waals surface area contributed by atoms with Crippen molar-refractivity contribution < 1.29 is 23.8 Å². The third kappa shape index (κ3) is 6.14. The second kappa shape index (κ2) is 10.9. The molecule has 1 unspecified atom stereocenters. The van der Waals surface area contributed by atoms with Gasteiger partial charge >= 0.3 is 0 Å². The zero-order valence-corrected chi connectivity index (χ0v) is 17.1. The molecule has 0 radical (unpaired) electrons. The van der Waals surface area contributed by atoms with E-state index in [1.54, 1.807) is 12.1 Å². The molecule has 2 rings (SSSR count). The number of nitrogens with two attached hydrogens (primary N) is 1. The number of amides is 2. The van der Waals surface area contributed by atoms with Gasteiger partial charge in [-0.3, -0.25) is 9.59 Å². The lowest BCUT2D eigenvalue weighted by atomic mass is 10.0. The van der Waals surface area contributed by atoms with Crippen molar-refractivity contribution >= 4 is 11.8 Å². The quantitative estimate of drug-likeness (QED) is 0.604. The Morgan fingerprint density at radius 1 is 0.931 bits per heavy atom. The minimum atomic E-state index is -0.845. The molecule has 0 bridgehead atoms. The first-order chi connectivity index (χ1) is 14.0. The van der Waals surface area contributed by atoms with Gasteiger partial charge in [0.15, 0.2) is 11.5 Å². The molecule has 0 aliphatic rings. The Hall–Kier alpha value is -3.22. The minimum absolute atomic E-state index is 0.291. The first kappa shape index (κ1) is 22.1. The molecule has 0 aromatic heterocycles. The summed E-state index contributed by atoms with van der Waals surface area (Å²) in [6.45, 7) is 6.75. The Morgan fingerprint density at radius 2 is 1.48 bits per heavy atom. The lowest BCUT2D eigenvalue weighted by molar-refractivity contribution is -0.119. The van der Waals surface area contributed by atoms with E-state index >= 15 is 0 Å². The average molecular weight is 400 g/mol. The molecular formula is C22H28N2O5. The second-order valence-corrected chi connectivity index (χ2v) is 6.22. The highest BCUT2D eigenvalue weighted by Crippen LogP contribution is 2.39. The number of nitrogens with one attached hydrogen (secondary N) is 1. The van der Waals surface area contributed by atoms with Crippen LogP contribution in [0.2, 0.25) is 0 Å². The summed E-state index contributed by atoms with van der Waals surface area (Å²) in [6, 6.07) is 11.7. The highest BCUT2D eigenvalue weighted by Gasteiger charge is 2.23. The van der Waals surface area contributed by atoms with Crippen molar-refractivity contribution in [3.05, 3.63) is 53.6 Å². The van der Waals surface area contributed by atoms with Crippen LogP contribution in [0.15, 0.2) is 42.5 Å². The van der Waals surface area contributed by atoms with Crippen molar-refractivity contribution in [2.75, 3.05) is 19.8 Å². The van der Waals surface area contributed by atoms with E-state index in [0.717, 1.165) is 5.56 Å². The Kier molecular flexibility index (Phi) is 8.33. The van der Waals surface area contributed by atoms with Crippen LogP contribution in [-0.2, 0) is 11.2 Å². The van der Waals surface area contributed by atoms with E-state index in [9.17, 15) is 9.59 Å². The molecule has 29 heavy (non-hydrogen) atoms. The fourth-order valence-electron chi connectivity index (χ4n) is 2.83. The van der Waals surface area contributed by atoms with E-state index in [-0.39, 0.29) is 0 Å². The topological polar surface area (TPSA) is 99.9 Å². The molecule has 1 atom stereocenters. The molecule has 7 nitrogen and oxygen atoms in total. The zero-order chi connectivity index (χ0) is 21.2. The predicted octanol–water partition coefficient (Wildman–Crippen LogP) is 2.71. The molecule has 0 saturated heterocycles. The van der Waals surface area contributed by atoms with Crippen molar-refractivity contribution in [2.24, 2.45) is 5.73 Å². The Morgan fingerprint density at radius 3 is 1.97 bits per heavy atom. The van der Waals surface area contributed by atoms with Crippen LogP contribution in [0.1, 0.15) is 36.7 Å². The van der Waals surface area contributed by atoms with E-state index in [2.05, 4.69) is 5.32 Å². The van der Waals surface area contributed by atoms with Crippen LogP contribution < -0.4 is 25.3 Å². The van der Waals surface area contributed by atoms with Gasteiger partial charge < -0.3 is 25.3 Å². The highest BCUT2D eigenvalue weighted by molar-refractivity contribution is 5.98. The van der Waals surface area contributed by atoms with Crippen LogP contribution in [-0.4, -0.2) is 37.7 Å². The predicted molar refractivity (Wildman–Crippen MR) is 111 cm³/mol. The van der Waals surface area contributed by atoms with Crippen LogP contribution in [0, 0.1) is 0 Å². The molecular weight excluding hydrogens is 372 g/mol. The number of carbonyl (C=O) groups is 2. The van der Waals surface area contributed by atoms with Crippen LogP contribution >= 0.6 is 0 Å². The first-order valence-electron chi connectivity index (χ1n) is 9.70. The van der Waals surface area contributed by atoms with Gasteiger partial charge in [-0.25, -0.2) is 0 Å². The SMILES string of the molecule is CCOc1cc(C(=O)NC(Cc2ccccc2)C(N)=O)cc(OCC)c1OCC. The van der Waals surface area contributed by atoms with Gasteiger partial charge in [0.05, 0.1) is 19.8 Å². The van der Waals surface area contributed by atoms with Crippen LogP contribution in [0.25, 0.3) is 0 Å². The zero-order valence-electron chi connectivity index (χ0n) is 17.1. The molecule has 0 aliphatic carbocycles.